The van der Waals surface area contributed by atoms with Gasteiger partial charge < -0.3 is 19.8 Å². The molecule has 0 unspecified atom stereocenters. The average Bonchev–Trinajstić information content (AvgIpc) is 3.15. The maximum Gasteiger partial charge on any atom is 0.328 e. The number of hydrogen-bond donors (Lipinski definition) is 2. The molecule has 9 heteroatoms. The van der Waals surface area contributed by atoms with E-state index >= 15 is 0 Å². The number of nitrogens with zero attached hydrogens (tertiary/aromatic N) is 1. The van der Waals surface area contributed by atoms with Crippen LogP contribution in [0, 0.1) is 6.92 Å². The Hall–Kier alpha value is -3.52. The van der Waals surface area contributed by atoms with Crippen LogP contribution in [0.4, 0.5) is 5.69 Å². The molecular weight excluding hydrogens is 398 g/mol. The third-order valence-corrected chi connectivity index (χ3v) is 4.77. The molecule has 4 rings (SSSR count). The number of carbonyl (C=O) groups excluding carboxylic acids is 1. The normalized spacial score (nSPS) is 12.1. The highest BCUT2D eigenvalue weighted by Gasteiger charge is 2.18. The van der Waals surface area contributed by atoms with Crippen LogP contribution in [0.2, 0.25) is 5.02 Å². The zero-order valence-corrected chi connectivity index (χ0v) is 16.1. The lowest BCUT2D eigenvalue weighted by Gasteiger charge is -2.10. The number of carbonyl (C=O) groups is 1. The summed E-state index contributed by atoms with van der Waals surface area (Å²) in [5.74, 6) is 0.462. The highest BCUT2D eigenvalue weighted by molar-refractivity contribution is 6.34. The molecule has 0 saturated heterocycles. The monoisotopic (exact) mass is 413 g/mol. The van der Waals surface area contributed by atoms with Crippen molar-refractivity contribution in [2.75, 3.05) is 12.1 Å². The van der Waals surface area contributed by atoms with Crippen molar-refractivity contribution in [3.05, 3.63) is 85.1 Å². The summed E-state index contributed by atoms with van der Waals surface area (Å²) in [5, 5.41) is 2.95. The van der Waals surface area contributed by atoms with E-state index in [9.17, 15) is 14.4 Å². The molecule has 1 aliphatic heterocycles. The maximum absolute atomic E-state index is 12.8. The predicted molar refractivity (Wildman–Crippen MR) is 107 cm³/mol. The van der Waals surface area contributed by atoms with E-state index < -0.39 is 17.2 Å². The Kier molecular flexibility index (Phi) is 4.85. The molecule has 1 aromatic heterocycles. The molecule has 1 amide bonds. The number of hydrogen-bond acceptors (Lipinski definition) is 5. The largest absolute Gasteiger partial charge is 0.454 e. The summed E-state index contributed by atoms with van der Waals surface area (Å²) < 4.78 is 11.5. The first-order chi connectivity index (χ1) is 13.9. The number of halogens is 1. The maximum atomic E-state index is 12.8. The number of nitrogens with one attached hydrogen (secondary N) is 2. The molecule has 1 aliphatic rings. The van der Waals surface area contributed by atoms with Crippen molar-refractivity contribution in [2.45, 2.75) is 13.5 Å². The average molecular weight is 414 g/mol. The molecule has 0 spiro atoms. The van der Waals surface area contributed by atoms with Crippen LogP contribution in [0.5, 0.6) is 11.5 Å². The van der Waals surface area contributed by atoms with Crippen molar-refractivity contribution >= 4 is 23.2 Å². The third-order valence-electron chi connectivity index (χ3n) is 4.46. The minimum absolute atomic E-state index is 0.0305. The van der Waals surface area contributed by atoms with E-state index in [-0.39, 0.29) is 18.9 Å². The smallest absolute Gasteiger partial charge is 0.328 e. The van der Waals surface area contributed by atoms with Crippen molar-refractivity contribution in [1.82, 2.24) is 9.55 Å². The van der Waals surface area contributed by atoms with Crippen molar-refractivity contribution in [3.63, 3.8) is 0 Å². The zero-order chi connectivity index (χ0) is 20.5. The minimum Gasteiger partial charge on any atom is -0.454 e. The van der Waals surface area contributed by atoms with E-state index in [1.165, 1.54) is 0 Å². The van der Waals surface area contributed by atoms with Crippen LogP contribution in [-0.2, 0) is 6.54 Å². The molecule has 0 radical (unpaired) electrons. The third kappa shape index (κ3) is 3.74. The van der Waals surface area contributed by atoms with E-state index in [4.69, 9.17) is 21.1 Å². The standard InChI is InChI=1S/C20H16ClN3O5/c1-11-2-4-15(14(21)6-11)23-18(25)13-8-22-20(27)24(19(13)26)9-12-3-5-16-17(7-12)29-10-28-16/h2-8H,9-10H2,1H3,(H,22,27)(H,23,25). The van der Waals surface area contributed by atoms with Crippen LogP contribution < -0.4 is 26.0 Å². The summed E-state index contributed by atoms with van der Waals surface area (Å²) >= 11 is 6.13. The van der Waals surface area contributed by atoms with Crippen LogP contribution in [0.15, 0.2) is 52.2 Å². The van der Waals surface area contributed by atoms with Gasteiger partial charge in [-0.2, -0.15) is 0 Å². The number of aryl methyl sites for hydroxylation is 1. The highest BCUT2D eigenvalue weighted by Crippen LogP contribution is 2.32. The number of ether oxygens (including phenoxy) is 2. The van der Waals surface area contributed by atoms with Gasteiger partial charge in [-0.15, -0.1) is 0 Å². The molecule has 8 nitrogen and oxygen atoms in total. The minimum atomic E-state index is -0.716. The second-order valence-electron chi connectivity index (χ2n) is 6.52. The van der Waals surface area contributed by atoms with Gasteiger partial charge in [0.15, 0.2) is 11.5 Å². The van der Waals surface area contributed by atoms with Gasteiger partial charge >= 0.3 is 5.69 Å². The quantitative estimate of drug-likeness (QED) is 0.684. The Labute approximate surface area is 169 Å². The lowest BCUT2D eigenvalue weighted by Crippen LogP contribution is -2.39. The summed E-state index contributed by atoms with van der Waals surface area (Å²) in [5.41, 5.74) is 0.408. The van der Waals surface area contributed by atoms with Crippen LogP contribution in [0.3, 0.4) is 0 Å². The SMILES string of the molecule is Cc1ccc(NC(=O)c2c[nH]c(=O)n(Cc3ccc4c(c3)OCO4)c2=O)c(Cl)c1. The van der Waals surface area contributed by atoms with Crippen molar-refractivity contribution in [2.24, 2.45) is 0 Å². The van der Waals surface area contributed by atoms with Gasteiger partial charge in [-0.05, 0) is 42.3 Å². The first kappa shape index (κ1) is 18.8. The van der Waals surface area contributed by atoms with Gasteiger partial charge in [0, 0.05) is 6.20 Å². The molecule has 3 aromatic rings. The van der Waals surface area contributed by atoms with Gasteiger partial charge in [0.1, 0.15) is 5.56 Å². The fourth-order valence-corrected chi connectivity index (χ4v) is 3.23. The Morgan fingerprint density at radius 3 is 2.76 bits per heavy atom. The molecule has 0 atom stereocenters. The lowest BCUT2D eigenvalue weighted by atomic mass is 10.2. The van der Waals surface area contributed by atoms with E-state index in [0.717, 1.165) is 16.3 Å². The molecule has 2 aromatic carbocycles. The fourth-order valence-electron chi connectivity index (χ4n) is 2.95. The number of aromatic nitrogens is 2. The van der Waals surface area contributed by atoms with Crippen LogP contribution >= 0.6 is 11.6 Å². The number of anilines is 1. The summed E-state index contributed by atoms with van der Waals surface area (Å²) in [6, 6.07) is 10.2. The second kappa shape index (κ2) is 7.48. The molecule has 2 N–H and O–H groups in total. The molecule has 0 fully saturated rings. The zero-order valence-electron chi connectivity index (χ0n) is 15.3. The number of rotatable bonds is 4. The van der Waals surface area contributed by atoms with Crippen molar-refractivity contribution in [1.29, 1.82) is 0 Å². The van der Waals surface area contributed by atoms with Gasteiger partial charge in [-0.25, -0.2) is 4.79 Å². The van der Waals surface area contributed by atoms with E-state index in [1.54, 1.807) is 36.4 Å². The Balaban J connectivity index is 1.63. The molecule has 148 valence electrons. The fraction of sp³-hybridized carbons (Fsp3) is 0.150. The second-order valence-corrected chi connectivity index (χ2v) is 6.93. The Bertz CT molecular complexity index is 1230. The Morgan fingerprint density at radius 1 is 1.17 bits per heavy atom. The highest BCUT2D eigenvalue weighted by atomic mass is 35.5. The molecular formula is C20H16ClN3O5. The first-order valence-electron chi connectivity index (χ1n) is 8.71. The van der Waals surface area contributed by atoms with E-state index in [2.05, 4.69) is 10.3 Å². The molecule has 0 bridgehead atoms. The molecule has 0 saturated carbocycles. The van der Waals surface area contributed by atoms with E-state index in [1.807, 2.05) is 6.92 Å². The van der Waals surface area contributed by atoms with Gasteiger partial charge in [-0.1, -0.05) is 23.7 Å². The topological polar surface area (TPSA) is 102 Å². The van der Waals surface area contributed by atoms with Crippen LogP contribution in [0.25, 0.3) is 0 Å². The predicted octanol–water partition coefficient (Wildman–Crippen LogP) is 2.53. The Morgan fingerprint density at radius 2 is 1.97 bits per heavy atom. The summed E-state index contributed by atoms with van der Waals surface area (Å²) in [6.45, 7) is 1.96. The number of amides is 1. The molecule has 2 heterocycles. The number of aromatic amines is 1. The number of H-pyrrole nitrogens is 1. The summed E-state index contributed by atoms with van der Waals surface area (Å²) in [4.78, 5) is 40.0. The number of fused-ring (bicyclic) bond motifs is 1. The van der Waals surface area contributed by atoms with Gasteiger partial charge in [0.25, 0.3) is 11.5 Å². The van der Waals surface area contributed by atoms with E-state index in [0.29, 0.717) is 27.8 Å². The summed E-state index contributed by atoms with van der Waals surface area (Å²) in [7, 11) is 0. The van der Waals surface area contributed by atoms with Gasteiger partial charge in [0.05, 0.1) is 17.3 Å². The van der Waals surface area contributed by atoms with Gasteiger partial charge in [0.2, 0.25) is 6.79 Å². The first-order valence-corrected chi connectivity index (χ1v) is 9.09. The van der Waals surface area contributed by atoms with Crippen LogP contribution in [0.1, 0.15) is 21.5 Å². The van der Waals surface area contributed by atoms with Gasteiger partial charge in [-0.3, -0.25) is 14.2 Å². The number of benzene rings is 2. The lowest BCUT2D eigenvalue weighted by molar-refractivity contribution is 0.102. The van der Waals surface area contributed by atoms with Crippen LogP contribution in [-0.4, -0.2) is 22.3 Å². The van der Waals surface area contributed by atoms with Crippen molar-refractivity contribution in [3.8, 4) is 11.5 Å². The molecule has 29 heavy (non-hydrogen) atoms. The summed E-state index contributed by atoms with van der Waals surface area (Å²) in [6.07, 6.45) is 1.10. The van der Waals surface area contributed by atoms with Crippen molar-refractivity contribution < 1.29 is 14.3 Å². The molecule has 0 aliphatic carbocycles.